The molecule has 0 unspecified atom stereocenters. The summed E-state index contributed by atoms with van der Waals surface area (Å²) in [5.41, 5.74) is 2.68. The van der Waals surface area contributed by atoms with Crippen LogP contribution in [0.2, 0.25) is 0 Å². The number of aromatic amines is 4. The predicted octanol–water partition coefficient (Wildman–Crippen LogP) is 6.78. The van der Waals surface area contributed by atoms with E-state index in [0.717, 1.165) is 0 Å². The molecule has 8 aromatic rings. The number of carbonyl (C=O) groups is 4. The van der Waals surface area contributed by atoms with Gasteiger partial charge in [-0.15, -0.1) is 0 Å². The molecular formula is C36H24N4O8Sn. The molecule has 13 heteroatoms. The first-order valence-electron chi connectivity index (χ1n) is 15.1. The maximum absolute atomic E-state index is 14.0. The van der Waals surface area contributed by atoms with E-state index in [1.54, 1.807) is 97.1 Å². The van der Waals surface area contributed by atoms with Crippen molar-refractivity contribution >= 4 is 87.5 Å². The van der Waals surface area contributed by atoms with Crippen LogP contribution in [0.5, 0.6) is 0 Å². The van der Waals surface area contributed by atoms with E-state index in [2.05, 4.69) is 19.9 Å². The fourth-order valence-electron chi connectivity index (χ4n) is 5.76. The molecule has 8 rings (SSSR count). The van der Waals surface area contributed by atoms with Crippen LogP contribution in [-0.2, 0) is 12.3 Å². The monoisotopic (exact) mass is 760 g/mol. The van der Waals surface area contributed by atoms with Crippen LogP contribution in [0, 0.1) is 0 Å². The SMILES string of the molecule is O=C([O][Sn]([O]C(=O)c1c[nH]c2ccccc12)([O]C(=O)c1c[nH]c2ccccc12)[O]C(=O)c1c[nH]c2ccccc12)c1c[nH]c2ccccc12. The van der Waals surface area contributed by atoms with Crippen LogP contribution in [0.25, 0.3) is 43.6 Å². The first-order valence-corrected chi connectivity index (χ1v) is 19.7. The molecule has 0 spiro atoms. The molecule has 4 aromatic heterocycles. The molecule has 0 saturated carbocycles. The van der Waals surface area contributed by atoms with E-state index in [9.17, 15) is 19.2 Å². The van der Waals surface area contributed by atoms with Gasteiger partial charge in [-0.2, -0.15) is 0 Å². The first-order chi connectivity index (χ1) is 23.9. The minimum atomic E-state index is -6.56. The normalized spacial score (nSPS) is 11.6. The third-order valence-electron chi connectivity index (χ3n) is 8.11. The van der Waals surface area contributed by atoms with Gasteiger partial charge >= 0.3 is 283 Å². The van der Waals surface area contributed by atoms with Gasteiger partial charge in [0.25, 0.3) is 0 Å². The fourth-order valence-corrected chi connectivity index (χ4v) is 10.3. The summed E-state index contributed by atoms with van der Waals surface area (Å²) in [4.78, 5) is 67.9. The van der Waals surface area contributed by atoms with Gasteiger partial charge in [-0.05, 0) is 0 Å². The van der Waals surface area contributed by atoms with Gasteiger partial charge in [-0.25, -0.2) is 0 Å². The molecule has 240 valence electrons. The van der Waals surface area contributed by atoms with Crippen LogP contribution in [0.15, 0.2) is 122 Å². The molecule has 4 aromatic carbocycles. The van der Waals surface area contributed by atoms with Crippen molar-refractivity contribution in [2.24, 2.45) is 0 Å². The molecule has 49 heavy (non-hydrogen) atoms. The number of fused-ring (bicyclic) bond motifs is 4. The Kier molecular flexibility index (Phi) is 7.41. The molecule has 0 aliphatic heterocycles. The van der Waals surface area contributed by atoms with Crippen molar-refractivity contribution < 1.29 is 31.5 Å². The first kappa shape index (κ1) is 30.1. The Morgan fingerprint density at radius 2 is 0.592 bits per heavy atom. The maximum atomic E-state index is 14.0. The van der Waals surface area contributed by atoms with Gasteiger partial charge in [0.2, 0.25) is 0 Å². The Bertz CT molecular complexity index is 2220. The Morgan fingerprint density at radius 1 is 0.367 bits per heavy atom. The van der Waals surface area contributed by atoms with E-state index < -0.39 is 43.9 Å². The summed E-state index contributed by atoms with van der Waals surface area (Å²) in [5, 5.41) is 1.95. The second-order valence-electron chi connectivity index (χ2n) is 11.0. The number of rotatable bonds is 8. The summed E-state index contributed by atoms with van der Waals surface area (Å²) >= 11 is -6.56. The van der Waals surface area contributed by atoms with Crippen molar-refractivity contribution in [1.82, 2.24) is 19.9 Å². The Balaban J connectivity index is 1.25. The number of aromatic nitrogens is 4. The fraction of sp³-hybridized carbons (Fsp3) is 0. The van der Waals surface area contributed by atoms with E-state index in [1.807, 2.05) is 0 Å². The van der Waals surface area contributed by atoms with Crippen molar-refractivity contribution in [3.05, 3.63) is 144 Å². The van der Waals surface area contributed by atoms with Gasteiger partial charge < -0.3 is 0 Å². The molecule has 0 aliphatic rings. The molecule has 0 saturated heterocycles. The Morgan fingerprint density at radius 3 is 0.837 bits per heavy atom. The predicted molar refractivity (Wildman–Crippen MR) is 181 cm³/mol. The molecule has 12 nitrogen and oxygen atoms in total. The Labute approximate surface area is 282 Å². The van der Waals surface area contributed by atoms with Crippen LogP contribution in [0.1, 0.15) is 41.4 Å². The van der Waals surface area contributed by atoms with Crippen molar-refractivity contribution in [3.8, 4) is 0 Å². The van der Waals surface area contributed by atoms with Crippen molar-refractivity contribution in [2.75, 3.05) is 0 Å². The summed E-state index contributed by atoms with van der Waals surface area (Å²) in [6.45, 7) is 0. The molecule has 0 bridgehead atoms. The summed E-state index contributed by atoms with van der Waals surface area (Å²) in [5.74, 6) is -4.12. The summed E-state index contributed by atoms with van der Waals surface area (Å²) in [7, 11) is 0. The van der Waals surface area contributed by atoms with Gasteiger partial charge in [0.1, 0.15) is 0 Å². The molecule has 0 atom stereocenters. The topological polar surface area (TPSA) is 168 Å². The van der Waals surface area contributed by atoms with Crippen LogP contribution in [-0.4, -0.2) is 63.8 Å². The van der Waals surface area contributed by atoms with Crippen LogP contribution >= 0.6 is 0 Å². The van der Waals surface area contributed by atoms with E-state index in [0.29, 0.717) is 43.6 Å². The number of benzene rings is 4. The molecule has 0 fully saturated rings. The average Bonchev–Trinajstić information content (AvgIpc) is 3.92. The molecule has 0 aliphatic carbocycles. The zero-order chi connectivity index (χ0) is 33.5. The number of H-pyrrole nitrogens is 4. The third-order valence-corrected chi connectivity index (χ3v) is 13.1. The van der Waals surface area contributed by atoms with Gasteiger partial charge in [-0.1, -0.05) is 0 Å². The third kappa shape index (κ3) is 5.47. The van der Waals surface area contributed by atoms with Gasteiger partial charge in [0.15, 0.2) is 0 Å². The van der Waals surface area contributed by atoms with E-state index in [4.69, 9.17) is 12.3 Å². The summed E-state index contributed by atoms with van der Waals surface area (Å²) in [6, 6.07) is 27.8. The van der Waals surface area contributed by atoms with Crippen molar-refractivity contribution in [2.45, 2.75) is 0 Å². The summed E-state index contributed by atoms with van der Waals surface area (Å²) in [6.07, 6.45) is 5.64. The number of nitrogens with one attached hydrogen (secondary N) is 4. The standard InChI is InChI=1S/4C9H7NO2.Sn/c4*11-9(12)7-5-10-8-4-2-1-3-6(7)8;/h4*1-5,10H,(H,11,12);/q;;;;+4/p-4. The van der Waals surface area contributed by atoms with Gasteiger partial charge in [-0.3, -0.25) is 0 Å². The number of hydrogen-bond acceptors (Lipinski definition) is 8. The van der Waals surface area contributed by atoms with E-state index in [1.165, 1.54) is 24.8 Å². The van der Waals surface area contributed by atoms with Crippen molar-refractivity contribution in [3.63, 3.8) is 0 Å². The second kappa shape index (κ2) is 12.1. The molecular weight excluding hydrogens is 735 g/mol. The number of hydrogen-bond donors (Lipinski definition) is 4. The minimum absolute atomic E-state index is 0.0473. The number of carbonyl (C=O) groups excluding carboxylic acids is 4. The zero-order valence-electron chi connectivity index (χ0n) is 25.3. The van der Waals surface area contributed by atoms with Gasteiger partial charge in [0, 0.05) is 0 Å². The van der Waals surface area contributed by atoms with E-state index >= 15 is 0 Å². The van der Waals surface area contributed by atoms with Crippen LogP contribution in [0.4, 0.5) is 0 Å². The van der Waals surface area contributed by atoms with Crippen molar-refractivity contribution in [1.29, 1.82) is 0 Å². The molecule has 4 N–H and O–H groups in total. The second-order valence-corrected chi connectivity index (χ2v) is 16.2. The molecule has 4 heterocycles. The zero-order valence-corrected chi connectivity index (χ0v) is 28.2. The number of para-hydroxylation sites is 4. The molecule has 0 amide bonds. The average molecular weight is 759 g/mol. The quantitative estimate of drug-likeness (QED) is 0.123. The summed E-state index contributed by atoms with van der Waals surface area (Å²) < 4.78 is 23.7. The van der Waals surface area contributed by atoms with Crippen LogP contribution in [0.3, 0.4) is 0 Å². The molecule has 0 radical (unpaired) electrons. The Hall–Kier alpha value is -6.28. The van der Waals surface area contributed by atoms with Gasteiger partial charge in [0.05, 0.1) is 0 Å². The van der Waals surface area contributed by atoms with E-state index in [-0.39, 0.29) is 22.3 Å². The van der Waals surface area contributed by atoms with Crippen LogP contribution < -0.4 is 0 Å².